The van der Waals surface area contributed by atoms with Gasteiger partial charge < -0.3 is 16.0 Å². The largest absolute Gasteiger partial charge is 0.340 e. The normalized spacial score (nSPS) is 13.1. The maximum absolute atomic E-state index is 14.2. The summed E-state index contributed by atoms with van der Waals surface area (Å²) in [5, 5.41) is 14.1. The van der Waals surface area contributed by atoms with Crippen molar-refractivity contribution in [1.29, 1.82) is 0 Å². The Bertz CT molecular complexity index is 1350. The Labute approximate surface area is 202 Å². The van der Waals surface area contributed by atoms with Gasteiger partial charge in [-0.15, -0.1) is 0 Å². The molecule has 4 aromatic rings. The zero-order valence-corrected chi connectivity index (χ0v) is 19.6. The van der Waals surface area contributed by atoms with Crippen molar-refractivity contribution in [2.75, 3.05) is 17.2 Å². The lowest BCUT2D eigenvalue weighted by atomic mass is 10.0. The molecule has 180 valence electrons. The average molecular weight is 476 g/mol. The summed E-state index contributed by atoms with van der Waals surface area (Å²) >= 11 is 0. The Morgan fingerprint density at radius 1 is 1.06 bits per heavy atom. The molecule has 0 spiro atoms. The van der Waals surface area contributed by atoms with Gasteiger partial charge in [0.15, 0.2) is 0 Å². The number of hydrogen-bond acceptors (Lipinski definition) is 6. The van der Waals surface area contributed by atoms with Crippen LogP contribution >= 0.6 is 0 Å². The number of nitrogens with one attached hydrogen (secondary N) is 3. The minimum Gasteiger partial charge on any atom is -0.340 e. The molecule has 0 aliphatic carbocycles. The predicted molar refractivity (Wildman–Crippen MR) is 133 cm³/mol. The van der Waals surface area contributed by atoms with E-state index in [0.29, 0.717) is 11.7 Å². The van der Waals surface area contributed by atoms with Gasteiger partial charge in [-0.05, 0) is 54.3 Å². The minimum absolute atomic E-state index is 0.0340. The molecule has 0 amide bonds. The van der Waals surface area contributed by atoms with Crippen LogP contribution < -0.4 is 16.0 Å². The zero-order chi connectivity index (χ0) is 24.4. The van der Waals surface area contributed by atoms with E-state index in [9.17, 15) is 8.78 Å². The van der Waals surface area contributed by atoms with E-state index in [1.807, 2.05) is 16.9 Å². The van der Waals surface area contributed by atoms with Crippen LogP contribution in [-0.2, 0) is 19.5 Å². The molecule has 0 atom stereocenters. The van der Waals surface area contributed by atoms with Crippen LogP contribution in [0.5, 0.6) is 0 Å². The molecule has 2 aromatic heterocycles. The highest BCUT2D eigenvalue weighted by Crippen LogP contribution is 2.31. The quantitative estimate of drug-likeness (QED) is 0.332. The Morgan fingerprint density at radius 2 is 1.94 bits per heavy atom. The Hall–Kier alpha value is -3.85. The summed E-state index contributed by atoms with van der Waals surface area (Å²) in [6.45, 7) is 6.85. The molecule has 0 saturated heterocycles. The van der Waals surface area contributed by atoms with Crippen molar-refractivity contribution in [3.8, 4) is 11.1 Å². The molecule has 1 aliphatic heterocycles. The van der Waals surface area contributed by atoms with Crippen LogP contribution in [0.25, 0.3) is 11.1 Å². The van der Waals surface area contributed by atoms with Crippen molar-refractivity contribution in [2.24, 2.45) is 5.92 Å². The maximum Gasteiger partial charge on any atom is 0.229 e. The van der Waals surface area contributed by atoms with Gasteiger partial charge in [-0.2, -0.15) is 10.1 Å². The highest BCUT2D eigenvalue weighted by atomic mass is 19.1. The highest BCUT2D eigenvalue weighted by Gasteiger charge is 2.15. The Kier molecular flexibility index (Phi) is 6.41. The summed E-state index contributed by atoms with van der Waals surface area (Å²) in [5.41, 5.74) is 5.02. The van der Waals surface area contributed by atoms with E-state index in [2.05, 4.69) is 57.0 Å². The van der Waals surface area contributed by atoms with Crippen molar-refractivity contribution >= 4 is 23.1 Å². The predicted octanol–water partition coefficient (Wildman–Crippen LogP) is 5.41. The summed E-state index contributed by atoms with van der Waals surface area (Å²) in [5.74, 6) is -0.00893. The zero-order valence-electron chi connectivity index (χ0n) is 19.6. The first kappa shape index (κ1) is 22.9. The molecule has 2 aromatic carbocycles. The van der Waals surface area contributed by atoms with E-state index >= 15 is 0 Å². The molecule has 5 rings (SSSR count). The topological polar surface area (TPSA) is 79.7 Å². The van der Waals surface area contributed by atoms with E-state index in [0.717, 1.165) is 61.1 Å². The van der Waals surface area contributed by atoms with Gasteiger partial charge in [-0.1, -0.05) is 19.9 Å². The molecule has 35 heavy (non-hydrogen) atoms. The standard InChI is InChI=1S/C26H27F2N7/c1-16(2)14-35-15-19(12-31-35)22-13-30-26(33-24-10-20(27)4-6-23(24)28)34-25(22)32-21-5-3-17-7-8-29-11-18(17)9-21/h3-6,9-10,12-13,15-16,29H,7-8,11,14H2,1-2H3,(H2,30,32,33,34). The van der Waals surface area contributed by atoms with Crippen LogP contribution in [0, 0.1) is 17.6 Å². The van der Waals surface area contributed by atoms with E-state index in [1.165, 1.54) is 11.1 Å². The smallest absolute Gasteiger partial charge is 0.229 e. The molecule has 0 radical (unpaired) electrons. The maximum atomic E-state index is 14.2. The van der Waals surface area contributed by atoms with Crippen molar-refractivity contribution in [3.05, 3.63) is 77.8 Å². The summed E-state index contributed by atoms with van der Waals surface area (Å²) in [4.78, 5) is 8.98. The lowest BCUT2D eigenvalue weighted by Gasteiger charge is -2.19. The van der Waals surface area contributed by atoms with Crippen LogP contribution in [0.15, 0.2) is 55.0 Å². The molecule has 0 bridgehead atoms. The molecule has 0 saturated carbocycles. The summed E-state index contributed by atoms with van der Waals surface area (Å²) in [6, 6.07) is 9.46. The molecule has 7 nitrogen and oxygen atoms in total. The second kappa shape index (κ2) is 9.79. The highest BCUT2D eigenvalue weighted by molar-refractivity contribution is 5.78. The van der Waals surface area contributed by atoms with Gasteiger partial charge in [-0.25, -0.2) is 13.8 Å². The Morgan fingerprint density at radius 3 is 2.80 bits per heavy atom. The van der Waals surface area contributed by atoms with Crippen LogP contribution in [0.4, 0.5) is 31.9 Å². The van der Waals surface area contributed by atoms with Crippen molar-refractivity contribution < 1.29 is 8.78 Å². The number of aromatic nitrogens is 4. The molecule has 1 aliphatic rings. The number of fused-ring (bicyclic) bond motifs is 1. The van der Waals surface area contributed by atoms with Gasteiger partial charge in [0.05, 0.1) is 11.9 Å². The first-order valence-corrected chi connectivity index (χ1v) is 11.7. The number of benzene rings is 2. The molecule has 3 heterocycles. The van der Waals surface area contributed by atoms with Crippen LogP contribution in [0.2, 0.25) is 0 Å². The number of nitrogens with zero attached hydrogens (tertiary/aromatic N) is 4. The molecular formula is C26H27F2N7. The van der Waals surface area contributed by atoms with Gasteiger partial charge in [-0.3, -0.25) is 4.68 Å². The van der Waals surface area contributed by atoms with E-state index in [1.54, 1.807) is 12.4 Å². The fraction of sp³-hybridized carbons (Fsp3) is 0.269. The first-order valence-electron chi connectivity index (χ1n) is 11.7. The second-order valence-electron chi connectivity index (χ2n) is 9.09. The number of hydrogen-bond donors (Lipinski definition) is 3. The summed E-state index contributed by atoms with van der Waals surface area (Å²) in [6.07, 6.45) is 6.39. The van der Waals surface area contributed by atoms with E-state index in [-0.39, 0.29) is 11.6 Å². The average Bonchev–Trinajstić information content (AvgIpc) is 3.29. The first-order chi connectivity index (χ1) is 16.9. The van der Waals surface area contributed by atoms with Gasteiger partial charge in [0.1, 0.15) is 17.5 Å². The van der Waals surface area contributed by atoms with Gasteiger partial charge in [0.2, 0.25) is 5.95 Å². The van der Waals surface area contributed by atoms with E-state index < -0.39 is 11.6 Å². The van der Waals surface area contributed by atoms with Gasteiger partial charge in [0.25, 0.3) is 0 Å². The van der Waals surface area contributed by atoms with Gasteiger partial charge >= 0.3 is 0 Å². The minimum atomic E-state index is -0.592. The molecule has 9 heteroatoms. The lowest BCUT2D eigenvalue weighted by molar-refractivity contribution is 0.483. The van der Waals surface area contributed by atoms with Crippen LogP contribution in [0.3, 0.4) is 0 Å². The van der Waals surface area contributed by atoms with Crippen molar-refractivity contribution in [1.82, 2.24) is 25.1 Å². The lowest BCUT2D eigenvalue weighted by Crippen LogP contribution is -2.23. The number of halogens is 2. The summed E-state index contributed by atoms with van der Waals surface area (Å²) < 4.78 is 29.7. The Balaban J connectivity index is 1.51. The van der Waals surface area contributed by atoms with Crippen molar-refractivity contribution in [2.45, 2.75) is 33.4 Å². The third-order valence-corrected chi connectivity index (χ3v) is 5.82. The SMILES string of the molecule is CC(C)Cn1cc(-c2cnc(Nc3cc(F)ccc3F)nc2Nc2ccc3c(c2)CNCC3)cn1. The number of rotatable bonds is 7. The fourth-order valence-electron chi connectivity index (χ4n) is 4.13. The number of anilines is 4. The van der Waals surface area contributed by atoms with Gasteiger partial charge in [0, 0.05) is 48.4 Å². The second-order valence-corrected chi connectivity index (χ2v) is 9.09. The monoisotopic (exact) mass is 475 g/mol. The summed E-state index contributed by atoms with van der Waals surface area (Å²) in [7, 11) is 0. The third kappa shape index (κ3) is 5.30. The molecule has 3 N–H and O–H groups in total. The third-order valence-electron chi connectivity index (χ3n) is 5.82. The van der Waals surface area contributed by atoms with E-state index in [4.69, 9.17) is 0 Å². The van der Waals surface area contributed by atoms with Crippen LogP contribution in [-0.4, -0.2) is 26.3 Å². The molecular weight excluding hydrogens is 448 g/mol. The van der Waals surface area contributed by atoms with Crippen molar-refractivity contribution in [3.63, 3.8) is 0 Å². The fourth-order valence-corrected chi connectivity index (χ4v) is 4.13. The molecule has 0 unspecified atom stereocenters. The molecule has 0 fully saturated rings. The van der Waals surface area contributed by atoms with Crippen LogP contribution in [0.1, 0.15) is 25.0 Å².